The standard InChI is InChI=1S/C12H11FN2O2S/c13-9-3-1-2-4-10(9)18-7-8-5-6-17-11(8)12(16)15-14/h1-6H,7,14H2,(H,15,16). The molecule has 0 aliphatic rings. The van der Waals surface area contributed by atoms with Crippen molar-refractivity contribution < 1.29 is 13.6 Å². The lowest BCUT2D eigenvalue weighted by Gasteiger charge is -2.03. The summed E-state index contributed by atoms with van der Waals surface area (Å²) in [6, 6.07) is 8.13. The molecule has 0 spiro atoms. The van der Waals surface area contributed by atoms with Crippen LogP contribution in [0.1, 0.15) is 16.1 Å². The summed E-state index contributed by atoms with van der Waals surface area (Å²) in [5, 5.41) is 0. The van der Waals surface area contributed by atoms with Crippen LogP contribution in [0.5, 0.6) is 0 Å². The van der Waals surface area contributed by atoms with E-state index in [1.807, 2.05) is 5.43 Å². The molecule has 3 N–H and O–H groups in total. The van der Waals surface area contributed by atoms with Crippen LogP contribution < -0.4 is 11.3 Å². The van der Waals surface area contributed by atoms with Crippen molar-refractivity contribution in [3.05, 3.63) is 53.7 Å². The zero-order valence-electron chi connectivity index (χ0n) is 9.35. The van der Waals surface area contributed by atoms with Gasteiger partial charge in [0, 0.05) is 16.2 Å². The number of benzene rings is 1. The lowest BCUT2D eigenvalue weighted by molar-refractivity contribution is 0.0925. The van der Waals surface area contributed by atoms with Crippen molar-refractivity contribution in [2.45, 2.75) is 10.6 Å². The zero-order chi connectivity index (χ0) is 13.0. The Hall–Kier alpha value is -1.79. The molecule has 2 aromatic rings. The Morgan fingerprint density at radius 2 is 2.17 bits per heavy atom. The third-order valence-electron chi connectivity index (χ3n) is 2.30. The van der Waals surface area contributed by atoms with E-state index in [4.69, 9.17) is 10.3 Å². The van der Waals surface area contributed by atoms with Crippen LogP contribution in [0.15, 0.2) is 45.9 Å². The van der Waals surface area contributed by atoms with Crippen LogP contribution in [0.25, 0.3) is 0 Å². The number of carbonyl (C=O) groups excluding carboxylic acids is 1. The van der Waals surface area contributed by atoms with Gasteiger partial charge in [-0.15, -0.1) is 11.8 Å². The molecule has 0 bridgehead atoms. The molecule has 18 heavy (non-hydrogen) atoms. The number of nitrogen functional groups attached to an aromatic ring is 1. The predicted molar refractivity (Wildman–Crippen MR) is 66.3 cm³/mol. The molecular weight excluding hydrogens is 255 g/mol. The number of hydrogen-bond donors (Lipinski definition) is 2. The van der Waals surface area contributed by atoms with Crippen LogP contribution in [0.2, 0.25) is 0 Å². The van der Waals surface area contributed by atoms with E-state index in [1.165, 1.54) is 24.1 Å². The number of hydrazine groups is 1. The van der Waals surface area contributed by atoms with Crippen LogP contribution in [-0.2, 0) is 5.75 Å². The average Bonchev–Trinajstić information content (AvgIpc) is 2.85. The molecule has 94 valence electrons. The Kier molecular flexibility index (Phi) is 4.01. The minimum Gasteiger partial charge on any atom is -0.459 e. The van der Waals surface area contributed by atoms with E-state index < -0.39 is 5.91 Å². The van der Waals surface area contributed by atoms with Gasteiger partial charge in [-0.1, -0.05) is 12.1 Å². The van der Waals surface area contributed by atoms with Gasteiger partial charge < -0.3 is 4.42 Å². The van der Waals surface area contributed by atoms with E-state index in [9.17, 15) is 9.18 Å². The van der Waals surface area contributed by atoms with E-state index in [0.29, 0.717) is 16.2 Å². The van der Waals surface area contributed by atoms with E-state index in [1.54, 1.807) is 24.3 Å². The van der Waals surface area contributed by atoms with Gasteiger partial charge in [-0.25, -0.2) is 10.2 Å². The first-order valence-electron chi connectivity index (χ1n) is 5.17. The lowest BCUT2D eigenvalue weighted by atomic mass is 10.3. The third kappa shape index (κ3) is 2.72. The van der Waals surface area contributed by atoms with Gasteiger partial charge in [-0.2, -0.15) is 0 Å². The summed E-state index contributed by atoms with van der Waals surface area (Å²) >= 11 is 1.29. The highest BCUT2D eigenvalue weighted by Gasteiger charge is 2.14. The predicted octanol–water partition coefficient (Wildman–Crippen LogP) is 2.31. The SMILES string of the molecule is NNC(=O)c1occc1CSc1ccccc1F. The fraction of sp³-hybridized carbons (Fsp3) is 0.0833. The summed E-state index contributed by atoms with van der Waals surface area (Å²) in [5.74, 6) is 4.84. The Morgan fingerprint density at radius 3 is 2.89 bits per heavy atom. The van der Waals surface area contributed by atoms with Gasteiger partial charge in [0.15, 0.2) is 5.76 Å². The Morgan fingerprint density at radius 1 is 1.39 bits per heavy atom. The number of nitrogens with two attached hydrogens (primary N) is 1. The van der Waals surface area contributed by atoms with Crippen LogP contribution in [0.4, 0.5) is 4.39 Å². The Bertz CT molecular complexity index is 557. The second kappa shape index (κ2) is 5.70. The molecule has 0 atom stereocenters. The van der Waals surface area contributed by atoms with Crippen LogP contribution in [0, 0.1) is 5.82 Å². The largest absolute Gasteiger partial charge is 0.459 e. The maximum atomic E-state index is 13.4. The molecule has 6 heteroatoms. The monoisotopic (exact) mass is 266 g/mol. The van der Waals surface area contributed by atoms with Crippen molar-refractivity contribution in [2.24, 2.45) is 5.84 Å². The fourth-order valence-corrected chi connectivity index (χ4v) is 2.35. The number of rotatable bonds is 4. The molecular formula is C12H11FN2O2S. The highest BCUT2D eigenvalue weighted by molar-refractivity contribution is 7.98. The molecule has 2 rings (SSSR count). The summed E-state index contributed by atoms with van der Waals surface area (Å²) in [7, 11) is 0. The number of carbonyl (C=O) groups is 1. The molecule has 0 saturated carbocycles. The highest BCUT2D eigenvalue weighted by Crippen LogP contribution is 2.26. The van der Waals surface area contributed by atoms with Gasteiger partial charge >= 0.3 is 5.91 Å². The van der Waals surface area contributed by atoms with E-state index >= 15 is 0 Å². The summed E-state index contributed by atoms with van der Waals surface area (Å²) in [6.45, 7) is 0. The third-order valence-corrected chi connectivity index (χ3v) is 3.40. The first kappa shape index (κ1) is 12.7. The molecule has 1 aromatic heterocycles. The molecule has 1 aromatic carbocycles. The zero-order valence-corrected chi connectivity index (χ0v) is 10.2. The second-order valence-electron chi connectivity index (χ2n) is 3.47. The molecule has 0 unspecified atom stereocenters. The summed E-state index contributed by atoms with van der Waals surface area (Å²) in [6.07, 6.45) is 1.40. The number of thioether (sulfide) groups is 1. The van der Waals surface area contributed by atoms with Gasteiger partial charge in [0.25, 0.3) is 0 Å². The van der Waals surface area contributed by atoms with Crippen molar-refractivity contribution in [2.75, 3.05) is 0 Å². The van der Waals surface area contributed by atoms with E-state index in [0.717, 1.165) is 0 Å². The van der Waals surface area contributed by atoms with E-state index in [-0.39, 0.29) is 11.6 Å². The van der Waals surface area contributed by atoms with Crippen molar-refractivity contribution >= 4 is 17.7 Å². The number of hydrogen-bond acceptors (Lipinski definition) is 4. The van der Waals surface area contributed by atoms with Crippen molar-refractivity contribution in [3.63, 3.8) is 0 Å². The van der Waals surface area contributed by atoms with Gasteiger partial charge in [0.1, 0.15) is 5.82 Å². The summed E-state index contributed by atoms with van der Waals surface area (Å²) in [4.78, 5) is 11.9. The van der Waals surface area contributed by atoms with Gasteiger partial charge in [-0.3, -0.25) is 10.2 Å². The normalized spacial score (nSPS) is 10.3. The van der Waals surface area contributed by atoms with Crippen LogP contribution >= 0.6 is 11.8 Å². The van der Waals surface area contributed by atoms with Gasteiger partial charge in [0.2, 0.25) is 0 Å². The van der Waals surface area contributed by atoms with Crippen molar-refractivity contribution in [1.29, 1.82) is 0 Å². The lowest BCUT2D eigenvalue weighted by Crippen LogP contribution is -2.30. The maximum absolute atomic E-state index is 13.4. The average molecular weight is 266 g/mol. The minimum atomic E-state index is -0.496. The molecule has 1 heterocycles. The molecule has 0 aliphatic heterocycles. The Balaban J connectivity index is 2.09. The topological polar surface area (TPSA) is 68.3 Å². The highest BCUT2D eigenvalue weighted by atomic mass is 32.2. The first-order chi connectivity index (χ1) is 8.72. The molecule has 1 amide bonds. The summed E-state index contributed by atoms with van der Waals surface area (Å²) < 4.78 is 18.4. The first-order valence-corrected chi connectivity index (χ1v) is 6.15. The number of halogens is 1. The van der Waals surface area contributed by atoms with Crippen molar-refractivity contribution in [1.82, 2.24) is 5.43 Å². The number of furan rings is 1. The second-order valence-corrected chi connectivity index (χ2v) is 4.48. The number of nitrogens with one attached hydrogen (secondary N) is 1. The van der Waals surface area contributed by atoms with Gasteiger partial charge in [0.05, 0.1) is 6.26 Å². The molecule has 4 nitrogen and oxygen atoms in total. The molecule has 0 saturated heterocycles. The molecule has 0 radical (unpaired) electrons. The minimum absolute atomic E-state index is 0.154. The van der Waals surface area contributed by atoms with Gasteiger partial charge in [-0.05, 0) is 18.2 Å². The quantitative estimate of drug-likeness (QED) is 0.385. The maximum Gasteiger partial charge on any atom is 0.301 e. The number of amides is 1. The van der Waals surface area contributed by atoms with E-state index in [2.05, 4.69) is 0 Å². The Labute approximate surface area is 107 Å². The molecule has 0 fully saturated rings. The van der Waals surface area contributed by atoms with Crippen LogP contribution in [0.3, 0.4) is 0 Å². The summed E-state index contributed by atoms with van der Waals surface area (Å²) in [5.41, 5.74) is 2.67. The molecule has 0 aliphatic carbocycles. The fourth-order valence-electron chi connectivity index (χ4n) is 1.43. The van der Waals surface area contributed by atoms with Crippen molar-refractivity contribution in [3.8, 4) is 0 Å². The smallest absolute Gasteiger partial charge is 0.301 e. The van der Waals surface area contributed by atoms with Crippen LogP contribution in [-0.4, -0.2) is 5.91 Å².